The Hall–Kier alpha value is -1.58. The first kappa shape index (κ1) is 27.0. The average Bonchev–Trinajstić information content (AvgIpc) is 3.51. The van der Waals surface area contributed by atoms with E-state index < -0.39 is 5.92 Å². The molecule has 4 heterocycles. The van der Waals surface area contributed by atoms with Crippen LogP contribution < -0.4 is 5.32 Å². The van der Waals surface area contributed by atoms with E-state index in [1.54, 1.807) is 0 Å². The molecule has 1 amide bonds. The summed E-state index contributed by atoms with van der Waals surface area (Å²) < 4.78 is 30.3. The van der Waals surface area contributed by atoms with E-state index in [2.05, 4.69) is 45.8 Å². The Morgan fingerprint density at radius 2 is 1.84 bits per heavy atom. The Bertz CT molecular complexity index is 1080. The van der Waals surface area contributed by atoms with Crippen LogP contribution in [0.5, 0.6) is 0 Å². The van der Waals surface area contributed by atoms with Crippen LogP contribution in [-0.4, -0.2) is 50.1 Å². The molecule has 1 N–H and O–H groups in total. The Kier molecular flexibility index (Phi) is 7.95. The molecule has 2 saturated heterocycles. The largest absolute Gasteiger partial charge is 0.349 e. The monoisotopic (exact) mass is 553 g/mol. The highest BCUT2D eigenvalue weighted by molar-refractivity contribution is 7.14. The van der Waals surface area contributed by atoms with Gasteiger partial charge in [-0.25, -0.2) is 8.78 Å². The third-order valence-electron chi connectivity index (χ3n) is 8.74. The number of halogens is 3. The molecule has 0 spiro atoms. The molecule has 10 heteroatoms. The molecule has 37 heavy (non-hydrogen) atoms. The second-order valence-electron chi connectivity index (χ2n) is 11.5. The Balaban J connectivity index is 1.24. The highest BCUT2D eigenvalue weighted by atomic mass is 35.5. The first-order valence-electron chi connectivity index (χ1n) is 13.7. The van der Waals surface area contributed by atoms with Gasteiger partial charge in [-0.05, 0) is 63.3 Å². The minimum atomic E-state index is -2.64. The number of carbonyl (C=O) groups is 1. The summed E-state index contributed by atoms with van der Waals surface area (Å²) in [5.74, 6) is -0.698. The molecule has 2 bridgehead atoms. The molecule has 2 aromatic heterocycles. The molecule has 1 unspecified atom stereocenters. The van der Waals surface area contributed by atoms with Gasteiger partial charge in [-0.2, -0.15) is 0 Å². The molecule has 3 aliphatic rings. The molecule has 1 aliphatic carbocycles. The number of rotatable bonds is 8. The number of hydrogen-bond acceptors (Lipinski definition) is 5. The molecule has 3 fully saturated rings. The third kappa shape index (κ3) is 5.74. The van der Waals surface area contributed by atoms with Crippen molar-refractivity contribution in [2.24, 2.45) is 5.92 Å². The summed E-state index contributed by atoms with van der Waals surface area (Å²) in [6, 6.07) is 3.20. The lowest BCUT2D eigenvalue weighted by atomic mass is 9.86. The van der Waals surface area contributed by atoms with Crippen LogP contribution in [0, 0.1) is 12.8 Å². The fraction of sp³-hybridized carbons (Fsp3) is 0.741. The number of nitrogens with zero attached hydrogens (tertiary/aromatic N) is 4. The summed E-state index contributed by atoms with van der Waals surface area (Å²) in [4.78, 5) is 15.7. The zero-order chi connectivity index (χ0) is 26.3. The smallest absolute Gasteiger partial charge is 0.248 e. The fourth-order valence-electron chi connectivity index (χ4n) is 6.78. The van der Waals surface area contributed by atoms with Crippen molar-refractivity contribution >= 4 is 28.8 Å². The zero-order valence-electron chi connectivity index (χ0n) is 21.9. The van der Waals surface area contributed by atoms with Crippen molar-refractivity contribution in [2.75, 3.05) is 6.54 Å². The van der Waals surface area contributed by atoms with E-state index in [-0.39, 0.29) is 43.6 Å². The number of aromatic nitrogens is 3. The first-order valence-corrected chi connectivity index (χ1v) is 15.0. The maximum atomic E-state index is 13.6. The molecule has 204 valence electrons. The summed E-state index contributed by atoms with van der Waals surface area (Å²) in [6.07, 6.45) is 5.35. The van der Waals surface area contributed by atoms with E-state index in [4.69, 9.17) is 11.6 Å². The third-order valence-corrected chi connectivity index (χ3v) is 9.94. The topological polar surface area (TPSA) is 63.1 Å². The van der Waals surface area contributed by atoms with Crippen LogP contribution in [0.25, 0.3) is 0 Å². The number of piperidine rings is 1. The molecular weight excluding hydrogens is 516 g/mol. The molecule has 1 saturated carbocycles. The summed E-state index contributed by atoms with van der Waals surface area (Å²) in [6.45, 7) is 7.28. The lowest BCUT2D eigenvalue weighted by molar-refractivity contribution is -0.130. The van der Waals surface area contributed by atoms with Crippen LogP contribution in [0.1, 0.15) is 107 Å². The van der Waals surface area contributed by atoms with Crippen molar-refractivity contribution in [1.29, 1.82) is 0 Å². The molecule has 0 aromatic carbocycles. The minimum absolute atomic E-state index is 0.117. The maximum absolute atomic E-state index is 13.6. The molecule has 2 aliphatic heterocycles. The molecule has 5 rings (SSSR count). The Morgan fingerprint density at radius 1 is 1.16 bits per heavy atom. The molecular formula is C27H38ClF2N5OS. The highest BCUT2D eigenvalue weighted by Crippen LogP contribution is 2.43. The van der Waals surface area contributed by atoms with Crippen LogP contribution in [0.15, 0.2) is 11.4 Å². The molecule has 0 radical (unpaired) electrons. The molecule has 4 atom stereocenters. The van der Waals surface area contributed by atoms with Crippen molar-refractivity contribution < 1.29 is 13.6 Å². The quantitative estimate of drug-likeness (QED) is 0.397. The van der Waals surface area contributed by atoms with Crippen molar-refractivity contribution in [3.8, 4) is 0 Å². The first-order chi connectivity index (χ1) is 17.6. The zero-order valence-corrected chi connectivity index (χ0v) is 23.5. The number of hydrogen-bond donors (Lipinski definition) is 1. The van der Waals surface area contributed by atoms with Crippen LogP contribution in [0.2, 0.25) is 4.34 Å². The van der Waals surface area contributed by atoms with Crippen LogP contribution >= 0.6 is 22.9 Å². The van der Waals surface area contributed by atoms with Gasteiger partial charge in [0.05, 0.1) is 10.4 Å². The lowest BCUT2D eigenvalue weighted by Crippen LogP contribution is -2.45. The average molecular weight is 554 g/mol. The predicted molar refractivity (Wildman–Crippen MR) is 142 cm³/mol. The van der Waals surface area contributed by atoms with Gasteiger partial charge in [0.25, 0.3) is 0 Å². The van der Waals surface area contributed by atoms with Crippen molar-refractivity contribution in [1.82, 2.24) is 25.0 Å². The van der Waals surface area contributed by atoms with E-state index in [0.717, 1.165) is 43.0 Å². The van der Waals surface area contributed by atoms with E-state index >= 15 is 0 Å². The molecule has 2 aromatic rings. The number of thiophene rings is 1. The van der Waals surface area contributed by atoms with E-state index in [1.807, 2.05) is 11.4 Å². The standard InChI is InChI=1S/C27H38ClF2N5OS/c1-16(2)25-33-32-17(3)35(25)21-14-19-4-5-20(15-21)34(19)12-8-23(22-9-13-37-24(22)28)31-26(36)18-6-10-27(29,30)11-7-18/h9,13,16,18-21,23H,4-8,10-12,14-15H2,1-3H3,(H,31,36)/t19-,20+,21?,23-/m0/s1. The lowest BCUT2D eigenvalue weighted by Gasteiger charge is -2.40. The second kappa shape index (κ2) is 10.9. The number of alkyl halides is 2. The van der Waals surface area contributed by atoms with Crippen molar-refractivity contribution in [3.05, 3.63) is 33.0 Å². The van der Waals surface area contributed by atoms with E-state index in [0.29, 0.717) is 28.4 Å². The van der Waals surface area contributed by atoms with E-state index in [1.165, 1.54) is 24.2 Å². The van der Waals surface area contributed by atoms with Crippen LogP contribution in [-0.2, 0) is 4.79 Å². The number of nitrogens with one attached hydrogen (secondary N) is 1. The second-order valence-corrected chi connectivity index (χ2v) is 13.0. The Labute approximate surface area is 227 Å². The van der Waals surface area contributed by atoms with Gasteiger partial charge in [0.15, 0.2) is 0 Å². The van der Waals surface area contributed by atoms with Gasteiger partial charge in [0.2, 0.25) is 11.8 Å². The normalized spacial score (nSPS) is 27.1. The van der Waals surface area contributed by atoms with Gasteiger partial charge in [-0.3, -0.25) is 9.69 Å². The fourth-order valence-corrected chi connectivity index (χ4v) is 7.81. The maximum Gasteiger partial charge on any atom is 0.248 e. The van der Waals surface area contributed by atoms with Gasteiger partial charge in [-0.1, -0.05) is 25.4 Å². The van der Waals surface area contributed by atoms with Gasteiger partial charge in [0, 0.05) is 54.9 Å². The number of aryl methyl sites for hydroxylation is 1. The van der Waals surface area contributed by atoms with Crippen LogP contribution in [0.3, 0.4) is 0 Å². The molecule has 6 nitrogen and oxygen atoms in total. The van der Waals surface area contributed by atoms with Gasteiger partial charge < -0.3 is 9.88 Å². The summed E-state index contributed by atoms with van der Waals surface area (Å²) in [7, 11) is 0. The summed E-state index contributed by atoms with van der Waals surface area (Å²) >= 11 is 7.96. The number of carbonyl (C=O) groups excluding carboxylic acids is 1. The van der Waals surface area contributed by atoms with Gasteiger partial charge in [0.1, 0.15) is 11.6 Å². The highest BCUT2D eigenvalue weighted by Gasteiger charge is 2.43. The van der Waals surface area contributed by atoms with Crippen molar-refractivity contribution in [2.45, 2.75) is 115 Å². The Morgan fingerprint density at radius 3 is 2.43 bits per heavy atom. The SMILES string of the molecule is Cc1nnc(C(C)C)n1C1C[C@H]2CC[C@@H](C1)N2CC[C@H](NC(=O)C1CCC(F)(F)CC1)c1ccsc1Cl. The number of fused-ring (bicyclic) bond motifs is 2. The van der Waals surface area contributed by atoms with Crippen molar-refractivity contribution in [3.63, 3.8) is 0 Å². The summed E-state index contributed by atoms with van der Waals surface area (Å²) in [5, 5.41) is 14.0. The van der Waals surface area contributed by atoms with Gasteiger partial charge in [-0.15, -0.1) is 21.5 Å². The predicted octanol–water partition coefficient (Wildman–Crippen LogP) is 6.67. The van der Waals surface area contributed by atoms with Gasteiger partial charge >= 0.3 is 0 Å². The summed E-state index contributed by atoms with van der Waals surface area (Å²) in [5.41, 5.74) is 0.935. The minimum Gasteiger partial charge on any atom is -0.349 e. The van der Waals surface area contributed by atoms with E-state index in [9.17, 15) is 13.6 Å². The van der Waals surface area contributed by atoms with Crippen LogP contribution in [0.4, 0.5) is 8.78 Å². The number of amides is 1.